The van der Waals surface area contributed by atoms with E-state index >= 15 is 0 Å². The molecule has 1 aromatic carbocycles. The SMILES string of the molecule is CCOC(=O)c1ccc(Nc2ccc(C(=O)N3CCCC(C)C3)nn2)cc1. The number of likely N-dealkylation sites (tertiary alicyclic amines) is 1. The average molecular weight is 368 g/mol. The molecule has 1 saturated heterocycles. The van der Waals surface area contributed by atoms with E-state index in [4.69, 9.17) is 4.74 Å². The fourth-order valence-corrected chi connectivity index (χ4v) is 3.10. The minimum atomic E-state index is -0.348. The molecule has 0 saturated carbocycles. The molecule has 0 spiro atoms. The Morgan fingerprint density at radius 1 is 1.19 bits per heavy atom. The van der Waals surface area contributed by atoms with Gasteiger partial charge in [0.25, 0.3) is 5.91 Å². The standard InChI is InChI=1S/C20H24N4O3/c1-3-27-20(26)15-6-8-16(9-7-15)21-18-11-10-17(22-23-18)19(25)24-12-4-5-14(2)13-24/h6-11,14H,3-5,12-13H2,1-2H3,(H,21,23). The summed E-state index contributed by atoms with van der Waals surface area (Å²) in [5, 5.41) is 11.3. The van der Waals surface area contributed by atoms with Crippen LogP contribution >= 0.6 is 0 Å². The van der Waals surface area contributed by atoms with Crippen molar-refractivity contribution in [3.63, 3.8) is 0 Å². The highest BCUT2D eigenvalue weighted by Crippen LogP contribution is 2.19. The van der Waals surface area contributed by atoms with Crippen LogP contribution in [0.3, 0.4) is 0 Å². The minimum absolute atomic E-state index is 0.0700. The van der Waals surface area contributed by atoms with Gasteiger partial charge in [0.05, 0.1) is 12.2 Å². The van der Waals surface area contributed by atoms with Gasteiger partial charge in [-0.25, -0.2) is 4.79 Å². The lowest BCUT2D eigenvalue weighted by Crippen LogP contribution is -2.39. The van der Waals surface area contributed by atoms with Gasteiger partial charge in [-0.2, -0.15) is 0 Å². The van der Waals surface area contributed by atoms with E-state index in [0.717, 1.165) is 31.6 Å². The molecule has 3 rings (SSSR count). The number of anilines is 2. The third kappa shape index (κ3) is 4.81. The Bertz CT molecular complexity index is 790. The van der Waals surface area contributed by atoms with Gasteiger partial charge in [0, 0.05) is 18.8 Å². The first-order chi connectivity index (χ1) is 13.1. The molecule has 1 aromatic heterocycles. The molecule has 1 atom stereocenters. The van der Waals surface area contributed by atoms with Crippen LogP contribution in [-0.2, 0) is 4.74 Å². The second-order valence-corrected chi connectivity index (χ2v) is 6.73. The zero-order valence-electron chi connectivity index (χ0n) is 15.6. The molecule has 0 radical (unpaired) electrons. The molecular weight excluding hydrogens is 344 g/mol. The summed E-state index contributed by atoms with van der Waals surface area (Å²) in [5.74, 6) is 0.634. The zero-order chi connectivity index (χ0) is 19.2. The van der Waals surface area contributed by atoms with Crippen LogP contribution in [0.2, 0.25) is 0 Å². The topological polar surface area (TPSA) is 84.4 Å². The molecule has 0 bridgehead atoms. The lowest BCUT2D eigenvalue weighted by Gasteiger charge is -2.30. The van der Waals surface area contributed by atoms with Crippen molar-refractivity contribution in [1.29, 1.82) is 0 Å². The van der Waals surface area contributed by atoms with Crippen molar-refractivity contribution >= 4 is 23.4 Å². The predicted molar refractivity (Wildman–Crippen MR) is 102 cm³/mol. The van der Waals surface area contributed by atoms with E-state index in [1.165, 1.54) is 0 Å². The molecule has 7 nitrogen and oxygen atoms in total. The summed E-state index contributed by atoms with van der Waals surface area (Å²) in [5.41, 5.74) is 1.61. The van der Waals surface area contributed by atoms with E-state index in [2.05, 4.69) is 22.4 Å². The molecule has 142 valence electrons. The molecular formula is C20H24N4O3. The van der Waals surface area contributed by atoms with Crippen LogP contribution in [0.1, 0.15) is 47.5 Å². The van der Waals surface area contributed by atoms with E-state index < -0.39 is 0 Å². The van der Waals surface area contributed by atoms with Crippen LogP contribution in [0.25, 0.3) is 0 Å². The number of carbonyl (C=O) groups excluding carboxylic acids is 2. The van der Waals surface area contributed by atoms with Crippen molar-refractivity contribution in [2.45, 2.75) is 26.7 Å². The fourth-order valence-electron chi connectivity index (χ4n) is 3.10. The zero-order valence-corrected chi connectivity index (χ0v) is 15.6. The average Bonchev–Trinajstić information content (AvgIpc) is 2.69. The summed E-state index contributed by atoms with van der Waals surface area (Å²) in [6.45, 7) is 5.82. The van der Waals surface area contributed by atoms with E-state index in [-0.39, 0.29) is 11.9 Å². The molecule has 1 amide bonds. The molecule has 1 fully saturated rings. The fraction of sp³-hybridized carbons (Fsp3) is 0.400. The first kappa shape index (κ1) is 18.8. The van der Waals surface area contributed by atoms with Crippen molar-refractivity contribution in [2.75, 3.05) is 25.0 Å². The van der Waals surface area contributed by atoms with E-state index in [1.54, 1.807) is 43.3 Å². The summed E-state index contributed by atoms with van der Waals surface area (Å²) in [6, 6.07) is 10.3. The molecule has 27 heavy (non-hydrogen) atoms. The van der Waals surface area contributed by atoms with Gasteiger partial charge < -0.3 is 15.0 Å². The number of esters is 1. The second kappa shape index (κ2) is 8.62. The lowest BCUT2D eigenvalue weighted by molar-refractivity contribution is 0.0526. The monoisotopic (exact) mass is 368 g/mol. The van der Waals surface area contributed by atoms with E-state index in [0.29, 0.717) is 29.6 Å². The van der Waals surface area contributed by atoms with Gasteiger partial charge in [0.1, 0.15) is 0 Å². The van der Waals surface area contributed by atoms with Crippen LogP contribution in [0, 0.1) is 5.92 Å². The Hall–Kier alpha value is -2.96. The molecule has 1 aliphatic heterocycles. The number of aromatic nitrogens is 2. The summed E-state index contributed by atoms with van der Waals surface area (Å²) >= 11 is 0. The quantitative estimate of drug-likeness (QED) is 0.816. The number of benzene rings is 1. The number of hydrogen-bond acceptors (Lipinski definition) is 6. The number of hydrogen-bond donors (Lipinski definition) is 1. The molecule has 1 unspecified atom stereocenters. The van der Waals surface area contributed by atoms with Crippen LogP contribution in [0.4, 0.5) is 11.5 Å². The number of piperidine rings is 1. The first-order valence-corrected chi connectivity index (χ1v) is 9.24. The number of rotatable bonds is 5. The van der Waals surface area contributed by atoms with Crippen molar-refractivity contribution in [3.05, 3.63) is 47.7 Å². The third-order valence-electron chi connectivity index (χ3n) is 4.50. The first-order valence-electron chi connectivity index (χ1n) is 9.24. The highest BCUT2D eigenvalue weighted by atomic mass is 16.5. The Morgan fingerprint density at radius 2 is 1.96 bits per heavy atom. The number of amides is 1. The summed E-state index contributed by atoms with van der Waals surface area (Å²) in [4.78, 5) is 26.0. The van der Waals surface area contributed by atoms with E-state index in [9.17, 15) is 9.59 Å². The van der Waals surface area contributed by atoms with E-state index in [1.807, 2.05) is 4.90 Å². The molecule has 7 heteroatoms. The maximum absolute atomic E-state index is 12.5. The largest absolute Gasteiger partial charge is 0.462 e. The van der Waals surface area contributed by atoms with Crippen molar-refractivity contribution in [1.82, 2.24) is 15.1 Å². The number of nitrogens with one attached hydrogen (secondary N) is 1. The molecule has 0 aliphatic carbocycles. The van der Waals surface area contributed by atoms with Crippen LogP contribution in [-0.4, -0.2) is 46.7 Å². The number of nitrogens with zero attached hydrogens (tertiary/aromatic N) is 3. The Labute approximate surface area is 158 Å². The molecule has 1 aliphatic rings. The highest BCUT2D eigenvalue weighted by molar-refractivity contribution is 5.92. The van der Waals surface area contributed by atoms with Gasteiger partial charge in [-0.3, -0.25) is 4.79 Å². The summed E-state index contributed by atoms with van der Waals surface area (Å²) < 4.78 is 4.96. The lowest BCUT2D eigenvalue weighted by atomic mass is 10.00. The van der Waals surface area contributed by atoms with Crippen LogP contribution in [0.15, 0.2) is 36.4 Å². The molecule has 2 aromatic rings. The van der Waals surface area contributed by atoms with Gasteiger partial charge in [0.15, 0.2) is 11.5 Å². The maximum Gasteiger partial charge on any atom is 0.338 e. The van der Waals surface area contributed by atoms with Crippen molar-refractivity contribution in [3.8, 4) is 0 Å². The Kier molecular flexibility index (Phi) is 6.01. The van der Waals surface area contributed by atoms with Crippen molar-refractivity contribution < 1.29 is 14.3 Å². The summed E-state index contributed by atoms with van der Waals surface area (Å²) in [7, 11) is 0. The van der Waals surface area contributed by atoms with Crippen molar-refractivity contribution in [2.24, 2.45) is 5.92 Å². The van der Waals surface area contributed by atoms with Gasteiger partial charge in [0.2, 0.25) is 0 Å². The Balaban J connectivity index is 1.62. The number of carbonyl (C=O) groups is 2. The van der Waals surface area contributed by atoms with Gasteiger partial charge in [-0.1, -0.05) is 6.92 Å². The summed E-state index contributed by atoms with van der Waals surface area (Å²) in [6.07, 6.45) is 2.19. The second-order valence-electron chi connectivity index (χ2n) is 6.73. The van der Waals surface area contributed by atoms with Crippen LogP contribution < -0.4 is 5.32 Å². The smallest absolute Gasteiger partial charge is 0.338 e. The minimum Gasteiger partial charge on any atom is -0.462 e. The molecule has 1 N–H and O–H groups in total. The number of ether oxygens (including phenoxy) is 1. The Morgan fingerprint density at radius 3 is 2.59 bits per heavy atom. The normalized spacial score (nSPS) is 16.7. The maximum atomic E-state index is 12.5. The highest BCUT2D eigenvalue weighted by Gasteiger charge is 2.23. The van der Waals surface area contributed by atoms with Gasteiger partial charge in [-0.05, 0) is 62.1 Å². The predicted octanol–water partition coefficient (Wildman–Crippen LogP) is 3.27. The van der Waals surface area contributed by atoms with Crippen LogP contribution in [0.5, 0.6) is 0 Å². The third-order valence-corrected chi connectivity index (χ3v) is 4.50. The van der Waals surface area contributed by atoms with Gasteiger partial charge >= 0.3 is 5.97 Å². The van der Waals surface area contributed by atoms with Gasteiger partial charge in [-0.15, -0.1) is 10.2 Å². The molecule has 2 heterocycles.